The van der Waals surface area contributed by atoms with Gasteiger partial charge in [-0.2, -0.15) is 8.78 Å². The summed E-state index contributed by atoms with van der Waals surface area (Å²) < 4.78 is 57.5. The van der Waals surface area contributed by atoms with E-state index in [1.165, 1.54) is 0 Å². The van der Waals surface area contributed by atoms with Crippen LogP contribution in [0.5, 0.6) is 0 Å². The van der Waals surface area contributed by atoms with Crippen LogP contribution in [0.3, 0.4) is 0 Å². The van der Waals surface area contributed by atoms with Gasteiger partial charge in [0.1, 0.15) is 0 Å². The molecular formula is C14H20F4O4. The van der Waals surface area contributed by atoms with Crippen LogP contribution < -0.4 is 0 Å². The SMILES string of the molecule is C/C=C/CCCOC(=O)CCCC(=O)OCC(F)(F)C(F)F. The minimum atomic E-state index is -4.36. The Morgan fingerprint density at radius 1 is 1.09 bits per heavy atom. The summed E-state index contributed by atoms with van der Waals surface area (Å²) >= 11 is 0. The van der Waals surface area contributed by atoms with Crippen LogP contribution in [0.2, 0.25) is 0 Å². The quantitative estimate of drug-likeness (QED) is 0.252. The Bertz CT molecular complexity index is 370. The molecular weight excluding hydrogens is 308 g/mol. The highest BCUT2D eigenvalue weighted by atomic mass is 19.3. The number of allylic oxidation sites excluding steroid dienone is 2. The van der Waals surface area contributed by atoms with Crippen molar-refractivity contribution in [3.8, 4) is 0 Å². The van der Waals surface area contributed by atoms with E-state index in [1.54, 1.807) is 0 Å². The Morgan fingerprint density at radius 2 is 1.68 bits per heavy atom. The number of unbranched alkanes of at least 4 members (excludes halogenated alkanes) is 1. The second-order valence-corrected chi connectivity index (χ2v) is 4.51. The van der Waals surface area contributed by atoms with Gasteiger partial charge in [0.2, 0.25) is 0 Å². The fourth-order valence-electron chi connectivity index (χ4n) is 1.31. The molecule has 0 unspecified atom stereocenters. The van der Waals surface area contributed by atoms with Gasteiger partial charge in [-0.25, -0.2) is 8.78 Å². The van der Waals surface area contributed by atoms with Crippen molar-refractivity contribution in [2.45, 2.75) is 51.4 Å². The first kappa shape index (κ1) is 20.4. The van der Waals surface area contributed by atoms with Gasteiger partial charge in [0, 0.05) is 12.8 Å². The van der Waals surface area contributed by atoms with Gasteiger partial charge in [-0.05, 0) is 26.2 Å². The maximum atomic E-state index is 12.5. The van der Waals surface area contributed by atoms with Gasteiger partial charge in [0.25, 0.3) is 0 Å². The molecule has 0 atom stereocenters. The van der Waals surface area contributed by atoms with E-state index in [-0.39, 0.29) is 25.9 Å². The maximum Gasteiger partial charge on any atom is 0.340 e. The molecule has 0 N–H and O–H groups in total. The Labute approximate surface area is 126 Å². The molecule has 0 aromatic carbocycles. The second kappa shape index (κ2) is 11.0. The average Bonchev–Trinajstić information content (AvgIpc) is 2.45. The normalized spacial score (nSPS) is 11.9. The number of carbonyl (C=O) groups is 2. The van der Waals surface area contributed by atoms with Crippen molar-refractivity contribution in [3.63, 3.8) is 0 Å². The monoisotopic (exact) mass is 328 g/mol. The number of halogens is 4. The highest BCUT2D eigenvalue weighted by molar-refractivity contribution is 5.72. The molecule has 0 spiro atoms. The highest BCUT2D eigenvalue weighted by Gasteiger charge is 2.42. The fourth-order valence-corrected chi connectivity index (χ4v) is 1.31. The largest absolute Gasteiger partial charge is 0.466 e. The minimum Gasteiger partial charge on any atom is -0.466 e. The van der Waals surface area contributed by atoms with Gasteiger partial charge in [0.15, 0.2) is 6.61 Å². The minimum absolute atomic E-state index is 0.0484. The molecule has 8 heteroatoms. The molecule has 4 nitrogen and oxygen atoms in total. The van der Waals surface area contributed by atoms with Crippen LogP contribution in [0.4, 0.5) is 17.6 Å². The summed E-state index contributed by atoms with van der Waals surface area (Å²) in [6.45, 7) is 0.468. The molecule has 0 heterocycles. The van der Waals surface area contributed by atoms with Gasteiger partial charge >= 0.3 is 24.3 Å². The zero-order chi connectivity index (χ0) is 17.0. The molecule has 128 valence electrons. The molecule has 0 aromatic heterocycles. The van der Waals surface area contributed by atoms with Crippen LogP contribution >= 0.6 is 0 Å². The van der Waals surface area contributed by atoms with E-state index in [0.717, 1.165) is 6.42 Å². The third-order valence-corrected chi connectivity index (χ3v) is 2.52. The molecule has 22 heavy (non-hydrogen) atoms. The molecule has 0 aromatic rings. The molecule has 0 saturated carbocycles. The fraction of sp³-hybridized carbons (Fsp3) is 0.714. The maximum absolute atomic E-state index is 12.5. The Hall–Kier alpha value is -1.60. The zero-order valence-electron chi connectivity index (χ0n) is 12.3. The molecule has 0 radical (unpaired) electrons. The average molecular weight is 328 g/mol. The first-order valence-electron chi connectivity index (χ1n) is 6.88. The van der Waals surface area contributed by atoms with Crippen LogP contribution in [0.1, 0.15) is 39.0 Å². The number of carbonyl (C=O) groups excluding carboxylic acids is 2. The smallest absolute Gasteiger partial charge is 0.340 e. The summed E-state index contributed by atoms with van der Waals surface area (Å²) in [7, 11) is 0. The zero-order valence-corrected chi connectivity index (χ0v) is 12.3. The van der Waals surface area contributed by atoms with Crippen LogP contribution in [-0.4, -0.2) is 37.5 Å². The van der Waals surface area contributed by atoms with Crippen molar-refractivity contribution in [1.82, 2.24) is 0 Å². The number of hydrogen-bond donors (Lipinski definition) is 0. The molecule has 0 aliphatic rings. The lowest BCUT2D eigenvalue weighted by Crippen LogP contribution is -2.33. The third kappa shape index (κ3) is 10.2. The van der Waals surface area contributed by atoms with Crippen molar-refractivity contribution in [1.29, 1.82) is 0 Å². The number of rotatable bonds is 11. The van der Waals surface area contributed by atoms with Gasteiger partial charge in [0.05, 0.1) is 6.61 Å². The molecule has 0 aliphatic carbocycles. The van der Waals surface area contributed by atoms with Crippen molar-refractivity contribution in [2.24, 2.45) is 0 Å². The Kier molecular flexibility index (Phi) is 10.2. The van der Waals surface area contributed by atoms with Crippen molar-refractivity contribution in [2.75, 3.05) is 13.2 Å². The number of hydrogen-bond acceptors (Lipinski definition) is 4. The summed E-state index contributed by atoms with van der Waals surface area (Å²) in [6.07, 6.45) is 1.06. The summed E-state index contributed by atoms with van der Waals surface area (Å²) in [5.41, 5.74) is 0. The predicted octanol–water partition coefficient (Wildman–Crippen LogP) is 3.50. The van der Waals surface area contributed by atoms with Crippen LogP contribution in [0, 0.1) is 0 Å². The van der Waals surface area contributed by atoms with Gasteiger partial charge in [-0.15, -0.1) is 0 Å². The molecule has 0 aliphatic heterocycles. The lowest BCUT2D eigenvalue weighted by atomic mass is 10.2. The van der Waals surface area contributed by atoms with Crippen LogP contribution in [0.25, 0.3) is 0 Å². The van der Waals surface area contributed by atoms with Gasteiger partial charge in [-0.3, -0.25) is 9.59 Å². The van der Waals surface area contributed by atoms with Gasteiger partial charge < -0.3 is 9.47 Å². The first-order valence-corrected chi connectivity index (χ1v) is 6.88. The first-order chi connectivity index (χ1) is 10.3. The lowest BCUT2D eigenvalue weighted by molar-refractivity contribution is -0.179. The standard InChI is InChI=1S/C14H20F4O4/c1-2-3-4-5-9-21-11(19)7-6-8-12(20)22-10-14(17,18)13(15)16/h2-3,13H,4-10H2,1H3/b3-2+. The Balaban J connectivity index is 3.69. The van der Waals surface area contributed by atoms with Crippen LogP contribution in [0.15, 0.2) is 12.2 Å². The van der Waals surface area contributed by atoms with E-state index < -0.39 is 30.9 Å². The summed E-state index contributed by atoms with van der Waals surface area (Å²) in [4.78, 5) is 22.3. The van der Waals surface area contributed by atoms with E-state index in [9.17, 15) is 27.2 Å². The van der Waals surface area contributed by atoms with E-state index in [4.69, 9.17) is 4.74 Å². The van der Waals surface area contributed by atoms with Crippen LogP contribution in [-0.2, 0) is 19.1 Å². The molecule has 0 rings (SSSR count). The summed E-state index contributed by atoms with van der Waals surface area (Å²) in [5, 5.41) is 0. The highest BCUT2D eigenvalue weighted by Crippen LogP contribution is 2.23. The summed E-state index contributed by atoms with van der Waals surface area (Å²) in [5.74, 6) is -5.92. The molecule has 0 bridgehead atoms. The predicted molar refractivity (Wildman–Crippen MR) is 70.8 cm³/mol. The molecule has 0 amide bonds. The third-order valence-electron chi connectivity index (χ3n) is 2.52. The second-order valence-electron chi connectivity index (χ2n) is 4.51. The van der Waals surface area contributed by atoms with Crippen molar-refractivity contribution < 1.29 is 36.6 Å². The van der Waals surface area contributed by atoms with E-state index in [2.05, 4.69) is 4.74 Å². The molecule has 0 fully saturated rings. The van der Waals surface area contributed by atoms with E-state index in [0.29, 0.717) is 6.42 Å². The number of alkyl halides is 4. The van der Waals surface area contributed by atoms with Crippen molar-refractivity contribution in [3.05, 3.63) is 12.2 Å². The number of ether oxygens (including phenoxy) is 2. The number of esters is 2. The van der Waals surface area contributed by atoms with Crippen molar-refractivity contribution >= 4 is 11.9 Å². The molecule has 0 saturated heterocycles. The van der Waals surface area contributed by atoms with E-state index >= 15 is 0 Å². The Morgan fingerprint density at radius 3 is 2.23 bits per heavy atom. The topological polar surface area (TPSA) is 52.6 Å². The lowest BCUT2D eigenvalue weighted by Gasteiger charge is -2.14. The van der Waals surface area contributed by atoms with Gasteiger partial charge in [-0.1, -0.05) is 12.2 Å². The summed E-state index contributed by atoms with van der Waals surface area (Å²) in [6, 6.07) is 0. The van der Waals surface area contributed by atoms with E-state index in [1.807, 2.05) is 19.1 Å².